The van der Waals surface area contributed by atoms with Crippen LogP contribution in [0.1, 0.15) is 15.9 Å². The van der Waals surface area contributed by atoms with E-state index in [2.05, 4.69) is 15.6 Å². The van der Waals surface area contributed by atoms with E-state index < -0.39 is 10.8 Å². The first-order valence-electron chi connectivity index (χ1n) is 7.80. The molecule has 0 radical (unpaired) electrons. The number of benzene rings is 2. The maximum absolute atomic E-state index is 12.4. The van der Waals surface area contributed by atoms with Gasteiger partial charge in [-0.1, -0.05) is 29.0 Å². The monoisotopic (exact) mass is 436 g/mol. The fourth-order valence-corrected chi connectivity index (χ4v) is 3.88. The molecule has 144 valence electrons. The smallest absolute Gasteiger partial charge is 0.273 e. The first kappa shape index (κ1) is 19.9. The number of amides is 1. The van der Waals surface area contributed by atoms with Crippen molar-refractivity contribution in [2.45, 2.75) is 6.92 Å². The number of nitro groups is 1. The highest BCUT2D eigenvalue weighted by Crippen LogP contribution is 2.34. The van der Waals surface area contributed by atoms with Gasteiger partial charge in [0.15, 0.2) is 10.2 Å². The lowest BCUT2D eigenvalue weighted by Gasteiger charge is -2.09. The van der Waals surface area contributed by atoms with Gasteiger partial charge in [0.05, 0.1) is 27.3 Å². The number of nitro benzene ring substituents is 1. The highest BCUT2D eigenvalue weighted by atomic mass is 35.5. The van der Waals surface area contributed by atoms with E-state index in [0.717, 1.165) is 4.70 Å². The van der Waals surface area contributed by atoms with Gasteiger partial charge in [-0.25, -0.2) is 4.98 Å². The highest BCUT2D eigenvalue weighted by Gasteiger charge is 2.19. The van der Waals surface area contributed by atoms with Gasteiger partial charge < -0.3 is 10.1 Å². The van der Waals surface area contributed by atoms with E-state index >= 15 is 0 Å². The number of ether oxygens (including phenoxy) is 1. The summed E-state index contributed by atoms with van der Waals surface area (Å²) in [5.41, 5.74) is 0.944. The predicted octanol–water partition coefficient (Wildman–Crippen LogP) is 4.30. The second-order valence-corrected chi connectivity index (χ2v) is 7.43. The molecule has 2 N–H and O–H groups in total. The molecule has 1 heterocycles. The molecule has 11 heteroatoms. The Balaban J connectivity index is 1.75. The van der Waals surface area contributed by atoms with Crippen molar-refractivity contribution in [1.29, 1.82) is 0 Å². The van der Waals surface area contributed by atoms with Crippen molar-refractivity contribution >= 4 is 67.2 Å². The third kappa shape index (κ3) is 4.03. The topological polar surface area (TPSA) is 106 Å². The summed E-state index contributed by atoms with van der Waals surface area (Å²) in [5.74, 6) is -0.0223. The number of hydrogen-bond acceptors (Lipinski definition) is 7. The SMILES string of the molecule is COc1cc2sc(NC(=S)NC(=O)c3cccc([N+](=O)[O-])c3C)nc2cc1Cl. The first-order chi connectivity index (χ1) is 13.3. The van der Waals surface area contributed by atoms with Crippen LogP contribution in [0, 0.1) is 17.0 Å². The van der Waals surface area contributed by atoms with Crippen LogP contribution in [-0.2, 0) is 0 Å². The Morgan fingerprint density at radius 2 is 2.14 bits per heavy atom. The third-order valence-electron chi connectivity index (χ3n) is 3.86. The molecule has 0 atom stereocenters. The molecule has 3 rings (SSSR count). The quantitative estimate of drug-likeness (QED) is 0.356. The summed E-state index contributed by atoms with van der Waals surface area (Å²) in [6, 6.07) is 7.71. The van der Waals surface area contributed by atoms with Gasteiger partial charge >= 0.3 is 0 Å². The minimum absolute atomic E-state index is 0.0213. The van der Waals surface area contributed by atoms with E-state index in [1.54, 1.807) is 12.1 Å². The van der Waals surface area contributed by atoms with E-state index in [-0.39, 0.29) is 21.9 Å². The molecule has 1 amide bonds. The van der Waals surface area contributed by atoms with Crippen molar-refractivity contribution in [3.8, 4) is 5.75 Å². The normalized spacial score (nSPS) is 10.5. The average molecular weight is 437 g/mol. The van der Waals surface area contributed by atoms with Crippen LogP contribution < -0.4 is 15.4 Å². The second kappa shape index (κ2) is 8.05. The number of thiazole rings is 1. The Morgan fingerprint density at radius 1 is 1.39 bits per heavy atom. The Bertz CT molecular complexity index is 1120. The van der Waals surface area contributed by atoms with E-state index in [9.17, 15) is 14.9 Å². The fraction of sp³-hybridized carbons (Fsp3) is 0.118. The summed E-state index contributed by atoms with van der Waals surface area (Å²) >= 11 is 12.6. The first-order valence-corrected chi connectivity index (χ1v) is 9.41. The lowest BCUT2D eigenvalue weighted by Crippen LogP contribution is -2.34. The zero-order valence-electron chi connectivity index (χ0n) is 14.6. The van der Waals surface area contributed by atoms with Crippen molar-refractivity contribution in [2.75, 3.05) is 12.4 Å². The van der Waals surface area contributed by atoms with E-state index in [1.165, 1.54) is 43.6 Å². The molecule has 0 bridgehead atoms. The summed E-state index contributed by atoms with van der Waals surface area (Å²) in [6.45, 7) is 1.51. The van der Waals surface area contributed by atoms with Crippen molar-refractivity contribution in [3.05, 3.63) is 56.6 Å². The summed E-state index contributed by atoms with van der Waals surface area (Å²) in [7, 11) is 1.52. The molecule has 1 aromatic heterocycles. The lowest BCUT2D eigenvalue weighted by molar-refractivity contribution is -0.385. The number of thiocarbonyl (C=S) groups is 1. The van der Waals surface area contributed by atoms with Gasteiger partial charge in [-0.3, -0.25) is 20.2 Å². The number of fused-ring (bicyclic) bond motifs is 1. The summed E-state index contributed by atoms with van der Waals surface area (Å²) < 4.78 is 6.00. The number of anilines is 1. The molecule has 0 unspecified atom stereocenters. The standard InChI is InChI=1S/C17H13ClN4O4S2/c1-8-9(4-3-5-12(8)22(24)25)15(23)20-16(27)21-17-19-11-6-10(18)13(26-2)7-14(11)28-17/h3-7H,1-2H3,(H2,19,20,21,23,27). The molecule has 0 spiro atoms. The molecular formula is C17H13ClN4O4S2. The number of carbonyl (C=O) groups excluding carboxylic acids is 1. The molecule has 0 aliphatic carbocycles. The van der Waals surface area contributed by atoms with Gasteiger partial charge in [0.2, 0.25) is 0 Å². The summed E-state index contributed by atoms with van der Waals surface area (Å²) in [6.07, 6.45) is 0. The molecule has 0 aliphatic rings. The molecular weight excluding hydrogens is 424 g/mol. The van der Waals surface area contributed by atoms with Crippen molar-refractivity contribution in [3.63, 3.8) is 0 Å². The number of nitrogens with zero attached hydrogens (tertiary/aromatic N) is 2. The number of halogens is 1. The van der Waals surface area contributed by atoms with Gasteiger partial charge in [-0.2, -0.15) is 0 Å². The van der Waals surface area contributed by atoms with Gasteiger partial charge in [-0.15, -0.1) is 0 Å². The molecule has 0 saturated heterocycles. The Morgan fingerprint density at radius 3 is 2.82 bits per heavy atom. The zero-order chi connectivity index (χ0) is 20.4. The zero-order valence-corrected chi connectivity index (χ0v) is 17.0. The minimum atomic E-state index is -0.551. The number of nitrogens with one attached hydrogen (secondary N) is 2. The molecule has 28 heavy (non-hydrogen) atoms. The van der Waals surface area contributed by atoms with Gasteiger partial charge in [-0.05, 0) is 31.3 Å². The highest BCUT2D eigenvalue weighted by molar-refractivity contribution is 7.80. The Kier molecular flexibility index (Phi) is 5.73. The van der Waals surface area contributed by atoms with Gasteiger partial charge in [0, 0.05) is 23.3 Å². The maximum atomic E-state index is 12.4. The minimum Gasteiger partial charge on any atom is -0.495 e. The lowest BCUT2D eigenvalue weighted by atomic mass is 10.1. The van der Waals surface area contributed by atoms with Crippen LogP contribution in [-0.4, -0.2) is 28.0 Å². The van der Waals surface area contributed by atoms with Gasteiger partial charge in [0.1, 0.15) is 5.75 Å². The summed E-state index contributed by atoms with van der Waals surface area (Å²) in [4.78, 5) is 27.3. The van der Waals surface area contributed by atoms with Crippen LogP contribution in [0.4, 0.5) is 10.8 Å². The van der Waals surface area contributed by atoms with Crippen LogP contribution in [0.25, 0.3) is 10.2 Å². The number of rotatable bonds is 4. The van der Waals surface area contributed by atoms with Gasteiger partial charge in [0.25, 0.3) is 11.6 Å². The molecule has 0 aliphatic heterocycles. The van der Waals surface area contributed by atoms with Crippen molar-refractivity contribution < 1.29 is 14.5 Å². The molecule has 8 nitrogen and oxygen atoms in total. The molecule has 3 aromatic rings. The molecule has 0 fully saturated rings. The Labute approximate surface area is 173 Å². The number of hydrogen-bond donors (Lipinski definition) is 2. The van der Waals surface area contributed by atoms with Crippen LogP contribution in [0.3, 0.4) is 0 Å². The number of methoxy groups -OCH3 is 1. The number of aromatic nitrogens is 1. The average Bonchev–Trinajstić information content (AvgIpc) is 3.01. The van der Waals surface area contributed by atoms with E-state index in [1.807, 2.05) is 0 Å². The van der Waals surface area contributed by atoms with Crippen LogP contribution >= 0.6 is 35.2 Å². The summed E-state index contributed by atoms with van der Waals surface area (Å²) in [5, 5.41) is 17.3. The van der Waals surface area contributed by atoms with Crippen LogP contribution in [0.5, 0.6) is 5.75 Å². The third-order valence-corrected chi connectivity index (χ3v) is 5.29. The largest absolute Gasteiger partial charge is 0.495 e. The van der Waals surface area contributed by atoms with E-state index in [4.69, 9.17) is 28.6 Å². The van der Waals surface area contributed by atoms with Crippen molar-refractivity contribution in [1.82, 2.24) is 10.3 Å². The maximum Gasteiger partial charge on any atom is 0.273 e. The Hall–Kier alpha value is -2.82. The second-order valence-electron chi connectivity index (χ2n) is 5.59. The van der Waals surface area contributed by atoms with Crippen molar-refractivity contribution in [2.24, 2.45) is 0 Å². The van der Waals surface area contributed by atoms with Crippen LogP contribution in [0.15, 0.2) is 30.3 Å². The fourth-order valence-electron chi connectivity index (χ4n) is 2.51. The predicted molar refractivity (Wildman–Crippen MR) is 113 cm³/mol. The number of carbonyl (C=O) groups is 1. The van der Waals surface area contributed by atoms with E-state index in [0.29, 0.717) is 21.4 Å². The molecule has 0 saturated carbocycles. The molecule has 2 aromatic carbocycles. The van der Waals surface area contributed by atoms with Crippen LogP contribution in [0.2, 0.25) is 5.02 Å².